The van der Waals surface area contributed by atoms with E-state index < -0.39 is 41.2 Å². The lowest BCUT2D eigenvalue weighted by Gasteiger charge is -2.41. The molecule has 0 bridgehead atoms. The number of amides is 1. The number of nitrogens with one attached hydrogen (secondary N) is 1. The Morgan fingerprint density at radius 2 is 1.40 bits per heavy atom. The summed E-state index contributed by atoms with van der Waals surface area (Å²) in [6, 6.07) is 14.1. The minimum Gasteiger partial charge on any atom is -0.464 e. The first kappa shape index (κ1) is 38.6. The predicted molar refractivity (Wildman–Crippen MR) is 171 cm³/mol. The molecule has 2 aromatic carbocycles. The van der Waals surface area contributed by atoms with Crippen molar-refractivity contribution in [1.29, 1.82) is 0 Å². The Labute approximate surface area is 286 Å². The van der Waals surface area contributed by atoms with Crippen molar-refractivity contribution < 1.29 is 50.5 Å². The molecule has 0 radical (unpaired) electrons. The molecular formula is C35H40F6N4O5. The number of carbonyl (C=O) groups is 2. The van der Waals surface area contributed by atoms with E-state index in [0.29, 0.717) is 56.0 Å². The number of nitrogens with zero attached hydrogens (tertiary/aromatic N) is 3. The number of alkyl halides is 6. The quantitative estimate of drug-likeness (QED) is 0.138. The van der Waals surface area contributed by atoms with Crippen LogP contribution in [0.15, 0.2) is 73.1 Å². The number of esters is 1. The fourth-order valence-corrected chi connectivity index (χ4v) is 5.56. The normalized spacial score (nSPS) is 16.6. The highest BCUT2D eigenvalue weighted by atomic mass is 19.4. The second-order valence-electron chi connectivity index (χ2n) is 13.0. The Morgan fingerprint density at radius 1 is 0.840 bits per heavy atom. The number of halogens is 6. The van der Waals surface area contributed by atoms with Crippen molar-refractivity contribution in [2.24, 2.45) is 0 Å². The van der Waals surface area contributed by atoms with Gasteiger partial charge in [-0.05, 0) is 55.2 Å². The summed E-state index contributed by atoms with van der Waals surface area (Å²) in [6.45, 7) is 8.34. The molecule has 0 saturated carbocycles. The van der Waals surface area contributed by atoms with Crippen LogP contribution in [0.25, 0.3) is 11.1 Å². The standard InChI is InChI=1S/C35H40F6N4O5/c1-32(2,3)50-31(47)43-16-19-49-30(46)20-29-23-44(17-18-45(29)22-25-12-14-42-15-13-25)21-24-4-6-26(7-5-24)27-8-10-28(11-9-27)33(48,34(36,37)38)35(39,40)41/h4-15,29,48H,16-23H2,1-3H3,(H,43,47). The summed E-state index contributed by atoms with van der Waals surface area (Å²) in [5.41, 5.74) is -4.08. The number of rotatable bonds is 11. The maximum absolute atomic E-state index is 13.3. The van der Waals surface area contributed by atoms with Gasteiger partial charge in [-0.1, -0.05) is 48.5 Å². The molecule has 1 fully saturated rings. The molecule has 50 heavy (non-hydrogen) atoms. The molecule has 1 aliphatic heterocycles. The van der Waals surface area contributed by atoms with Gasteiger partial charge in [0.1, 0.15) is 12.2 Å². The van der Waals surface area contributed by atoms with E-state index in [1.165, 1.54) is 0 Å². The minimum absolute atomic E-state index is 0.0144. The lowest BCUT2D eigenvalue weighted by atomic mass is 9.90. The number of aliphatic hydroxyl groups is 1. The van der Waals surface area contributed by atoms with Crippen LogP contribution in [0.2, 0.25) is 0 Å². The zero-order valence-corrected chi connectivity index (χ0v) is 27.9. The number of aromatic nitrogens is 1. The van der Waals surface area contributed by atoms with Gasteiger partial charge in [0.15, 0.2) is 0 Å². The largest absolute Gasteiger partial charge is 0.464 e. The van der Waals surface area contributed by atoms with E-state index in [9.17, 15) is 41.0 Å². The fraction of sp³-hybridized carbons (Fsp3) is 0.457. The fourth-order valence-electron chi connectivity index (χ4n) is 5.56. The SMILES string of the molecule is CC(C)(C)OC(=O)NCCOC(=O)CC1CN(Cc2ccc(-c3ccc(C(O)(C(F)(F)F)C(F)(F)F)cc3)cc2)CCN1Cc1ccncc1. The second kappa shape index (κ2) is 15.8. The lowest BCUT2D eigenvalue weighted by molar-refractivity contribution is -0.376. The Bertz CT molecular complexity index is 1550. The van der Waals surface area contributed by atoms with E-state index in [-0.39, 0.29) is 25.6 Å². The van der Waals surface area contributed by atoms with Gasteiger partial charge in [0, 0.05) is 56.7 Å². The topological polar surface area (TPSA) is 104 Å². The zero-order chi connectivity index (χ0) is 36.7. The summed E-state index contributed by atoms with van der Waals surface area (Å²) >= 11 is 0. The maximum atomic E-state index is 13.3. The molecule has 1 amide bonds. The number of carbonyl (C=O) groups excluding carboxylic acids is 2. The van der Waals surface area contributed by atoms with Crippen LogP contribution in [-0.2, 0) is 33.0 Å². The molecule has 2 N–H and O–H groups in total. The average Bonchev–Trinajstić information content (AvgIpc) is 3.03. The summed E-state index contributed by atoms with van der Waals surface area (Å²) < 4.78 is 90.2. The molecule has 0 aliphatic carbocycles. The lowest BCUT2D eigenvalue weighted by Crippen LogP contribution is -2.53. The molecule has 3 aromatic rings. The van der Waals surface area contributed by atoms with Gasteiger partial charge < -0.3 is 19.9 Å². The van der Waals surface area contributed by atoms with Crippen molar-refractivity contribution in [3.63, 3.8) is 0 Å². The molecule has 1 saturated heterocycles. The molecule has 1 atom stereocenters. The smallest absolute Gasteiger partial charge is 0.430 e. The van der Waals surface area contributed by atoms with Crippen molar-refractivity contribution in [3.05, 3.63) is 89.7 Å². The number of hydrogen-bond donors (Lipinski definition) is 2. The second-order valence-corrected chi connectivity index (χ2v) is 13.0. The van der Waals surface area contributed by atoms with Crippen molar-refractivity contribution in [3.8, 4) is 11.1 Å². The van der Waals surface area contributed by atoms with Crippen molar-refractivity contribution in [1.82, 2.24) is 20.1 Å². The molecule has 15 heteroatoms. The first-order valence-corrected chi connectivity index (χ1v) is 15.9. The highest BCUT2D eigenvalue weighted by molar-refractivity contribution is 5.70. The number of alkyl carbamates (subject to hydrolysis) is 1. The van der Waals surface area contributed by atoms with E-state index in [1.807, 2.05) is 24.3 Å². The van der Waals surface area contributed by atoms with Crippen LogP contribution in [0.1, 0.15) is 43.9 Å². The van der Waals surface area contributed by atoms with Crippen molar-refractivity contribution >= 4 is 12.1 Å². The van der Waals surface area contributed by atoms with Crippen LogP contribution in [0.4, 0.5) is 31.1 Å². The van der Waals surface area contributed by atoms with Crippen LogP contribution >= 0.6 is 0 Å². The predicted octanol–water partition coefficient (Wildman–Crippen LogP) is 6.21. The van der Waals surface area contributed by atoms with Crippen molar-refractivity contribution in [2.75, 3.05) is 32.8 Å². The Morgan fingerprint density at radius 3 is 1.96 bits per heavy atom. The summed E-state index contributed by atoms with van der Waals surface area (Å²) in [5.74, 6) is -0.415. The average molecular weight is 711 g/mol. The van der Waals surface area contributed by atoms with E-state index in [4.69, 9.17) is 9.47 Å². The molecule has 1 aromatic heterocycles. The highest BCUT2D eigenvalue weighted by Crippen LogP contribution is 2.50. The van der Waals surface area contributed by atoms with E-state index in [0.717, 1.165) is 23.3 Å². The number of ether oxygens (including phenoxy) is 2. The van der Waals surface area contributed by atoms with Gasteiger partial charge in [0.2, 0.25) is 0 Å². The third-order valence-electron chi connectivity index (χ3n) is 8.08. The van der Waals surface area contributed by atoms with Crippen LogP contribution in [0.5, 0.6) is 0 Å². The highest BCUT2D eigenvalue weighted by Gasteiger charge is 2.71. The van der Waals surface area contributed by atoms with Crippen molar-refractivity contribution in [2.45, 2.75) is 69.9 Å². The summed E-state index contributed by atoms with van der Waals surface area (Å²) in [7, 11) is 0. The summed E-state index contributed by atoms with van der Waals surface area (Å²) in [6.07, 6.45) is -9.01. The monoisotopic (exact) mass is 710 g/mol. The zero-order valence-electron chi connectivity index (χ0n) is 27.9. The van der Waals surface area contributed by atoms with Gasteiger partial charge in [-0.15, -0.1) is 0 Å². The van der Waals surface area contributed by atoms with Gasteiger partial charge in [-0.3, -0.25) is 19.6 Å². The first-order chi connectivity index (χ1) is 23.4. The Balaban J connectivity index is 1.38. The minimum atomic E-state index is -5.96. The summed E-state index contributed by atoms with van der Waals surface area (Å²) in [4.78, 5) is 33.2. The number of pyridine rings is 1. The van der Waals surface area contributed by atoms with E-state index in [1.54, 1.807) is 45.3 Å². The number of piperazine rings is 1. The van der Waals surface area contributed by atoms with Crippen LogP contribution < -0.4 is 5.32 Å². The van der Waals surface area contributed by atoms with Crippen LogP contribution in [-0.4, -0.2) is 88.7 Å². The summed E-state index contributed by atoms with van der Waals surface area (Å²) in [5, 5.41) is 12.2. The molecule has 0 spiro atoms. The Hall–Kier alpha value is -4.21. The van der Waals surface area contributed by atoms with Gasteiger partial charge in [-0.2, -0.15) is 26.3 Å². The van der Waals surface area contributed by atoms with Gasteiger partial charge in [0.25, 0.3) is 5.60 Å². The van der Waals surface area contributed by atoms with E-state index >= 15 is 0 Å². The molecule has 272 valence electrons. The third kappa shape index (κ3) is 10.2. The van der Waals surface area contributed by atoms with Gasteiger partial charge in [-0.25, -0.2) is 4.79 Å². The van der Waals surface area contributed by atoms with E-state index in [2.05, 4.69) is 20.1 Å². The molecule has 2 heterocycles. The molecule has 1 unspecified atom stereocenters. The molecule has 1 aliphatic rings. The maximum Gasteiger partial charge on any atom is 0.430 e. The molecule has 4 rings (SSSR count). The molecule has 9 nitrogen and oxygen atoms in total. The molecular weight excluding hydrogens is 670 g/mol. The van der Waals surface area contributed by atoms with Gasteiger partial charge >= 0.3 is 24.4 Å². The number of benzene rings is 2. The Kier molecular flexibility index (Phi) is 12.2. The van der Waals surface area contributed by atoms with Gasteiger partial charge in [0.05, 0.1) is 13.0 Å². The van der Waals surface area contributed by atoms with Crippen LogP contribution in [0.3, 0.4) is 0 Å². The third-order valence-corrected chi connectivity index (χ3v) is 8.08. The van der Waals surface area contributed by atoms with Crippen LogP contribution in [0, 0.1) is 0 Å². The number of hydrogen-bond acceptors (Lipinski definition) is 8. The first-order valence-electron chi connectivity index (χ1n) is 15.9.